The molecule has 0 aliphatic heterocycles. The van der Waals surface area contributed by atoms with E-state index < -0.39 is 17.2 Å². The lowest BCUT2D eigenvalue weighted by molar-refractivity contribution is 0.0345. The average Bonchev–Trinajstić information content (AvgIpc) is 2.66. The van der Waals surface area contributed by atoms with E-state index in [9.17, 15) is 13.6 Å². The van der Waals surface area contributed by atoms with Gasteiger partial charge in [-0.15, -0.1) is 0 Å². The van der Waals surface area contributed by atoms with Gasteiger partial charge in [0.15, 0.2) is 0 Å². The maximum atomic E-state index is 13.8. The van der Waals surface area contributed by atoms with E-state index in [2.05, 4.69) is 4.52 Å². The summed E-state index contributed by atoms with van der Waals surface area (Å²) in [7, 11) is 0. The van der Waals surface area contributed by atoms with Gasteiger partial charge in [-0.05, 0) is 12.1 Å². The fourth-order valence-electron chi connectivity index (χ4n) is 1.25. The second-order valence-electron chi connectivity index (χ2n) is 3.16. The zero-order valence-corrected chi connectivity index (χ0v) is 8.59. The van der Waals surface area contributed by atoms with Crippen molar-refractivity contribution in [3.8, 4) is 0 Å². The van der Waals surface area contributed by atoms with E-state index in [0.717, 1.165) is 0 Å². The Morgan fingerprint density at radius 1 is 1.25 bits per heavy atom. The Hall–Kier alpha value is -1.62. The number of nitrogens with one attached hydrogen (secondary N) is 1. The molecule has 0 amide bonds. The van der Waals surface area contributed by atoms with Crippen LogP contribution in [0.25, 0.3) is 0 Å². The van der Waals surface area contributed by atoms with E-state index in [1.807, 2.05) is 5.16 Å². The third kappa shape index (κ3) is 1.86. The van der Waals surface area contributed by atoms with Gasteiger partial charge in [-0.25, -0.2) is 9.95 Å². The fraction of sp³-hybridized carbons (Fsp3) is 0.100. The summed E-state index contributed by atoms with van der Waals surface area (Å²) in [5.74, 6) is -3.31. The van der Waals surface area contributed by atoms with Crippen LogP contribution in [0.5, 0.6) is 0 Å². The summed E-state index contributed by atoms with van der Waals surface area (Å²) in [4.78, 5) is 10.7. The standard InChI is InChI=1S/C10H6ClF2NO2/c11-7-3-1-6(2-4-7)10(12,13)8-5-9(15)16-14-8/h1-5,14H. The van der Waals surface area contributed by atoms with Gasteiger partial charge in [0.25, 0.3) is 0 Å². The van der Waals surface area contributed by atoms with Crippen molar-refractivity contribution in [3.63, 3.8) is 0 Å². The zero-order chi connectivity index (χ0) is 11.8. The first-order chi connectivity index (χ1) is 7.50. The van der Waals surface area contributed by atoms with Crippen molar-refractivity contribution in [3.05, 3.63) is 57.0 Å². The van der Waals surface area contributed by atoms with Gasteiger partial charge >= 0.3 is 11.5 Å². The summed E-state index contributed by atoms with van der Waals surface area (Å²) in [6.07, 6.45) is 0. The number of halogens is 3. The van der Waals surface area contributed by atoms with Gasteiger partial charge in [0, 0.05) is 10.6 Å². The maximum absolute atomic E-state index is 13.8. The van der Waals surface area contributed by atoms with Crippen molar-refractivity contribution in [2.45, 2.75) is 5.92 Å². The SMILES string of the molecule is O=c1cc(C(F)(F)c2ccc(Cl)cc2)[nH]o1. The summed E-state index contributed by atoms with van der Waals surface area (Å²) < 4.78 is 31.7. The summed E-state index contributed by atoms with van der Waals surface area (Å²) >= 11 is 5.59. The Morgan fingerprint density at radius 2 is 1.88 bits per heavy atom. The Morgan fingerprint density at radius 3 is 2.38 bits per heavy atom. The highest BCUT2D eigenvalue weighted by Gasteiger charge is 2.36. The van der Waals surface area contributed by atoms with E-state index in [1.165, 1.54) is 24.3 Å². The minimum Gasteiger partial charge on any atom is -0.339 e. The quantitative estimate of drug-likeness (QED) is 0.884. The molecule has 0 saturated carbocycles. The first-order valence-corrected chi connectivity index (χ1v) is 4.71. The lowest BCUT2D eigenvalue weighted by Crippen LogP contribution is -2.15. The normalized spacial score (nSPS) is 11.7. The van der Waals surface area contributed by atoms with E-state index >= 15 is 0 Å². The molecule has 16 heavy (non-hydrogen) atoms. The number of aromatic amines is 1. The molecule has 0 aliphatic carbocycles. The van der Waals surface area contributed by atoms with Crippen LogP contribution in [0.1, 0.15) is 11.3 Å². The summed E-state index contributed by atoms with van der Waals surface area (Å²) in [5, 5.41) is 2.25. The van der Waals surface area contributed by atoms with Crippen molar-refractivity contribution < 1.29 is 13.3 Å². The van der Waals surface area contributed by atoms with Crippen LogP contribution < -0.4 is 5.63 Å². The number of alkyl halides is 2. The van der Waals surface area contributed by atoms with Gasteiger partial charge in [-0.2, -0.15) is 8.78 Å². The van der Waals surface area contributed by atoms with E-state index in [4.69, 9.17) is 11.6 Å². The van der Waals surface area contributed by atoms with Crippen LogP contribution in [-0.2, 0) is 5.92 Å². The van der Waals surface area contributed by atoms with Gasteiger partial charge < -0.3 is 4.52 Å². The molecule has 0 aliphatic rings. The van der Waals surface area contributed by atoms with Crippen molar-refractivity contribution in [1.29, 1.82) is 0 Å². The molecule has 3 nitrogen and oxygen atoms in total. The third-order valence-electron chi connectivity index (χ3n) is 2.07. The Kier molecular flexibility index (Phi) is 2.55. The molecule has 0 radical (unpaired) electrons. The molecule has 1 aromatic carbocycles. The molecule has 6 heteroatoms. The minimum absolute atomic E-state index is 0.269. The zero-order valence-electron chi connectivity index (χ0n) is 7.84. The topological polar surface area (TPSA) is 46.0 Å². The first kappa shape index (κ1) is 10.9. The third-order valence-corrected chi connectivity index (χ3v) is 2.32. The molecule has 0 saturated heterocycles. The van der Waals surface area contributed by atoms with Crippen molar-refractivity contribution in [1.82, 2.24) is 5.16 Å². The highest BCUT2D eigenvalue weighted by atomic mass is 35.5. The molecular formula is C10H6ClF2NO2. The largest absolute Gasteiger partial charge is 0.357 e. The summed E-state index contributed by atoms with van der Waals surface area (Å²) in [5.41, 5.74) is -1.70. The first-order valence-electron chi connectivity index (χ1n) is 4.33. The number of aromatic nitrogens is 1. The van der Waals surface area contributed by atoms with Crippen LogP contribution in [0.3, 0.4) is 0 Å². The van der Waals surface area contributed by atoms with Crippen LogP contribution in [-0.4, -0.2) is 5.16 Å². The lowest BCUT2D eigenvalue weighted by atomic mass is 10.1. The predicted molar refractivity (Wildman–Crippen MR) is 53.8 cm³/mol. The van der Waals surface area contributed by atoms with Gasteiger partial charge in [-0.1, -0.05) is 23.7 Å². The maximum Gasteiger partial charge on any atom is 0.357 e. The highest BCUT2D eigenvalue weighted by molar-refractivity contribution is 6.30. The number of H-pyrrole nitrogens is 1. The van der Waals surface area contributed by atoms with Crippen LogP contribution >= 0.6 is 11.6 Å². The molecule has 2 rings (SSSR count). The lowest BCUT2D eigenvalue weighted by Gasteiger charge is -2.13. The smallest absolute Gasteiger partial charge is 0.339 e. The molecule has 0 unspecified atom stereocenters. The van der Waals surface area contributed by atoms with Crippen molar-refractivity contribution >= 4 is 11.6 Å². The molecule has 84 valence electrons. The highest BCUT2D eigenvalue weighted by Crippen LogP contribution is 2.34. The number of rotatable bonds is 2. The molecule has 0 fully saturated rings. The Labute approximate surface area is 93.6 Å². The molecule has 0 atom stereocenters. The second kappa shape index (κ2) is 3.75. The van der Waals surface area contributed by atoms with Crippen molar-refractivity contribution in [2.24, 2.45) is 0 Å². The average molecular weight is 246 g/mol. The predicted octanol–water partition coefficient (Wildman–Crippen LogP) is 2.76. The summed E-state index contributed by atoms with van der Waals surface area (Å²) in [6, 6.07) is 5.79. The van der Waals surface area contributed by atoms with E-state index in [1.54, 1.807) is 0 Å². The van der Waals surface area contributed by atoms with E-state index in [0.29, 0.717) is 11.1 Å². The second-order valence-corrected chi connectivity index (χ2v) is 3.60. The number of hydrogen-bond donors (Lipinski definition) is 1. The van der Waals surface area contributed by atoms with Crippen LogP contribution in [0.4, 0.5) is 8.78 Å². The van der Waals surface area contributed by atoms with Gasteiger partial charge in [0.2, 0.25) is 0 Å². The van der Waals surface area contributed by atoms with Gasteiger partial charge in [0.05, 0.1) is 6.07 Å². The Bertz CT molecular complexity index is 544. The minimum atomic E-state index is -3.31. The summed E-state index contributed by atoms with van der Waals surface area (Å²) in [6.45, 7) is 0. The van der Waals surface area contributed by atoms with Crippen LogP contribution in [0.15, 0.2) is 39.6 Å². The van der Waals surface area contributed by atoms with Crippen LogP contribution in [0, 0.1) is 0 Å². The monoisotopic (exact) mass is 245 g/mol. The molecular weight excluding hydrogens is 240 g/mol. The van der Waals surface area contributed by atoms with Crippen LogP contribution in [0.2, 0.25) is 5.02 Å². The van der Waals surface area contributed by atoms with Crippen molar-refractivity contribution in [2.75, 3.05) is 0 Å². The molecule has 1 N–H and O–H groups in total. The number of benzene rings is 1. The van der Waals surface area contributed by atoms with Gasteiger partial charge in [0.1, 0.15) is 5.69 Å². The molecule has 2 aromatic rings. The fourth-order valence-corrected chi connectivity index (χ4v) is 1.38. The molecule has 0 bridgehead atoms. The van der Waals surface area contributed by atoms with E-state index in [-0.39, 0.29) is 5.56 Å². The molecule has 1 heterocycles. The molecule has 1 aromatic heterocycles. The van der Waals surface area contributed by atoms with Gasteiger partial charge in [-0.3, -0.25) is 0 Å². The number of hydrogen-bond acceptors (Lipinski definition) is 2. The molecule has 0 spiro atoms. The Balaban J connectivity index is 2.45.